The lowest BCUT2D eigenvalue weighted by molar-refractivity contribution is 0.0647. The van der Waals surface area contributed by atoms with E-state index < -0.39 is 0 Å². The molecule has 0 aliphatic carbocycles. The first kappa shape index (κ1) is 94.1. The highest BCUT2D eigenvalue weighted by atomic mass is 32.1. The number of carbonyl (C=O) groups is 6. The second-order valence-corrected chi connectivity index (χ2v) is 41.7. The number of piperidine rings is 5. The molecule has 0 saturated carbocycles. The van der Waals surface area contributed by atoms with Crippen molar-refractivity contribution in [1.82, 2.24) is 93.4 Å². The maximum atomic E-state index is 12.8. The molecular weight excluding hydrogens is 1740 g/mol. The van der Waals surface area contributed by atoms with Gasteiger partial charge < -0.3 is 34.3 Å². The number of H-pyrrole nitrogens is 1. The first-order valence-corrected chi connectivity index (χ1v) is 50.9. The van der Waals surface area contributed by atoms with Crippen LogP contribution in [0.4, 0.5) is 0 Å². The Hall–Kier alpha value is -10.5. The Morgan fingerprint density at radius 1 is 0.323 bits per heavy atom. The van der Waals surface area contributed by atoms with Gasteiger partial charge in [-0.2, -0.15) is 30.6 Å². The summed E-state index contributed by atoms with van der Waals surface area (Å²) in [5.74, 6) is 1.03. The van der Waals surface area contributed by atoms with Crippen molar-refractivity contribution in [3.63, 3.8) is 0 Å². The highest BCUT2D eigenvalue weighted by Crippen LogP contribution is 2.38. The molecule has 25 nitrogen and oxygen atoms in total. The van der Waals surface area contributed by atoms with Crippen LogP contribution in [0.25, 0.3) is 63.4 Å². The molecule has 0 radical (unpaired) electrons. The van der Waals surface area contributed by atoms with Gasteiger partial charge in [0.25, 0.3) is 35.4 Å². The molecule has 0 bridgehead atoms. The fraction of sp³-hybridized carbons (Fsp3) is 0.455. The summed E-state index contributed by atoms with van der Waals surface area (Å²) in [6.07, 6.45) is 19.8. The minimum absolute atomic E-state index is 0.119. The van der Waals surface area contributed by atoms with Crippen molar-refractivity contribution in [3.05, 3.63) is 207 Å². The summed E-state index contributed by atoms with van der Waals surface area (Å²) in [4.78, 5) is 102. The standard InChI is InChI=1S/C19H26N4OS.C19H19N3OS.2C16H21N3OS.C15H19N3OS.C14H17N3OS/c1-14-13-16(20-21(14)2)17-5-6-18(25-17)19(24)23-11-7-15(8-12-23)22-9-3-4-10-22;1-13-11-16(20-21(13)2)17-7-8-18(24-17)19(23)22-10-9-14-5-3-4-6-15(14)12-22;1-11-9-14(16(20)19-7-5-4-6-8-19)21-15(11)13-10-12(2)18(3)17-13;1-11-9-14(13-10-12(2)18(3)17-13)21-15(11)16(20)19-7-5-4-6-8-19;1-11-10-12(17(2)16-11)13-6-7-14(20-13)15(19)18-8-4-3-5-9-18;1-10-9-11(16-15-10)12-5-6-13(19-12)14(18)17-7-3-2-4-8-17/h5-6,13,15H,3-4,7-12H2,1-2H3;3-8,11H,9-10,12H2,1-2H3;2*9-10H,4-8H2,1-3H3;6-7,10H,3-5,8-9H2,1-2H3;5-6,9H,2-4,7-8H2,1H3,(H,15,16). The van der Waals surface area contributed by atoms with Gasteiger partial charge in [-0.25, -0.2) is 0 Å². The Kier molecular flexibility index (Phi) is 31.3. The Morgan fingerprint density at radius 2 is 0.715 bits per heavy atom. The van der Waals surface area contributed by atoms with Crippen LogP contribution in [0.3, 0.4) is 0 Å². The molecule has 686 valence electrons. The summed E-state index contributed by atoms with van der Waals surface area (Å²) in [5, 5.41) is 29.6. The van der Waals surface area contributed by atoms with Crippen LogP contribution in [-0.2, 0) is 48.2 Å². The van der Waals surface area contributed by atoms with Crippen molar-refractivity contribution in [3.8, 4) is 63.4 Å². The van der Waals surface area contributed by atoms with Crippen LogP contribution in [0.15, 0.2) is 121 Å². The first-order chi connectivity index (χ1) is 62.7. The van der Waals surface area contributed by atoms with Gasteiger partial charge in [-0.05, 0) is 297 Å². The largest absolute Gasteiger partial charge is 0.338 e. The second-order valence-electron chi connectivity index (χ2n) is 35.2. The zero-order valence-corrected chi connectivity index (χ0v) is 82.4. The molecule has 31 heteroatoms. The zero-order valence-electron chi connectivity index (χ0n) is 77.5. The maximum Gasteiger partial charge on any atom is 0.264 e. The minimum Gasteiger partial charge on any atom is -0.338 e. The van der Waals surface area contributed by atoms with Gasteiger partial charge in [-0.1, -0.05) is 24.3 Å². The number of nitrogens with zero attached hydrogens (tertiary/aromatic N) is 18. The number of rotatable bonds is 13. The first-order valence-electron chi connectivity index (χ1n) is 46.0. The number of aryl methyl sites for hydroxylation is 13. The van der Waals surface area contributed by atoms with Crippen molar-refractivity contribution in [2.24, 2.45) is 35.2 Å². The molecule has 20 rings (SSSR count). The molecule has 12 aromatic heterocycles. The Morgan fingerprint density at radius 3 is 1.15 bits per heavy atom. The number of thiophene rings is 6. The molecule has 6 amide bonds. The summed E-state index contributed by atoms with van der Waals surface area (Å²) in [5.41, 5.74) is 17.1. The van der Waals surface area contributed by atoms with E-state index in [9.17, 15) is 28.8 Å². The van der Waals surface area contributed by atoms with E-state index in [1.54, 1.807) is 45.3 Å². The van der Waals surface area contributed by atoms with Crippen LogP contribution in [0.2, 0.25) is 0 Å². The number of aromatic amines is 1. The number of hydrogen-bond acceptors (Lipinski definition) is 19. The molecule has 13 aromatic rings. The quantitative estimate of drug-likeness (QED) is 0.113. The summed E-state index contributed by atoms with van der Waals surface area (Å²) in [6, 6.07) is 41.3. The highest BCUT2D eigenvalue weighted by Gasteiger charge is 2.32. The van der Waals surface area contributed by atoms with Crippen LogP contribution in [0.1, 0.15) is 217 Å². The van der Waals surface area contributed by atoms with E-state index in [1.807, 2.05) is 203 Å². The molecule has 1 aromatic carbocycles. The van der Waals surface area contributed by atoms with E-state index in [4.69, 9.17) is 0 Å². The van der Waals surface area contributed by atoms with E-state index in [0.29, 0.717) is 12.6 Å². The fourth-order valence-corrected chi connectivity index (χ4v) is 23.7. The third kappa shape index (κ3) is 23.0. The summed E-state index contributed by atoms with van der Waals surface area (Å²) >= 11 is 9.31. The molecule has 7 aliphatic heterocycles. The minimum atomic E-state index is 0.119. The summed E-state index contributed by atoms with van der Waals surface area (Å²) in [7, 11) is 9.71. The monoisotopic (exact) mass is 1870 g/mol. The number of carbonyl (C=O) groups excluding carboxylic acids is 6. The number of amides is 6. The van der Waals surface area contributed by atoms with E-state index in [1.165, 1.54) is 85.4 Å². The zero-order chi connectivity index (χ0) is 91.4. The molecule has 6 saturated heterocycles. The van der Waals surface area contributed by atoms with Crippen molar-refractivity contribution in [2.75, 3.05) is 85.1 Å². The van der Waals surface area contributed by atoms with Gasteiger partial charge in [0.05, 0.1) is 69.9 Å². The van der Waals surface area contributed by atoms with Gasteiger partial charge in [0.15, 0.2) is 0 Å². The molecule has 19 heterocycles. The van der Waals surface area contributed by atoms with Gasteiger partial charge in [0, 0.05) is 148 Å². The second kappa shape index (κ2) is 43.2. The van der Waals surface area contributed by atoms with E-state index in [2.05, 4.69) is 102 Å². The van der Waals surface area contributed by atoms with Crippen LogP contribution in [0, 0.1) is 55.4 Å². The average molecular weight is 1870 g/mol. The van der Waals surface area contributed by atoms with Crippen molar-refractivity contribution < 1.29 is 28.8 Å². The van der Waals surface area contributed by atoms with Crippen molar-refractivity contribution in [2.45, 2.75) is 177 Å². The maximum absolute atomic E-state index is 12.8. The molecule has 130 heavy (non-hydrogen) atoms. The Labute approximate surface area is 787 Å². The molecule has 6 fully saturated rings. The lowest BCUT2D eigenvalue weighted by Gasteiger charge is -2.36. The number of benzene rings is 1. The topological polar surface area (TPSA) is 243 Å². The highest BCUT2D eigenvalue weighted by molar-refractivity contribution is 7.19. The van der Waals surface area contributed by atoms with E-state index in [0.717, 1.165) is 281 Å². The third-order valence-corrected chi connectivity index (χ3v) is 32.4. The normalized spacial score (nSPS) is 16.0. The Balaban J connectivity index is 0.000000120. The van der Waals surface area contributed by atoms with Crippen LogP contribution < -0.4 is 0 Å². The van der Waals surface area contributed by atoms with Gasteiger partial charge in [-0.15, -0.1) is 68.0 Å². The van der Waals surface area contributed by atoms with Gasteiger partial charge in [0.1, 0.15) is 28.5 Å². The molecule has 0 unspecified atom stereocenters. The number of fused-ring (bicyclic) bond motifs is 1. The summed E-state index contributed by atoms with van der Waals surface area (Å²) in [6.45, 7) is 29.1. The number of likely N-dealkylation sites (tertiary alicyclic amines) is 6. The molecule has 0 atom stereocenters. The number of hydrogen-bond donors (Lipinski definition) is 1. The predicted molar refractivity (Wildman–Crippen MR) is 526 cm³/mol. The smallest absolute Gasteiger partial charge is 0.264 e. The molecule has 7 aliphatic rings. The van der Waals surface area contributed by atoms with Crippen molar-refractivity contribution >= 4 is 103 Å². The van der Waals surface area contributed by atoms with Gasteiger partial charge in [0.2, 0.25) is 0 Å². The average Bonchev–Trinajstić information content (AvgIpc) is 1.59. The third-order valence-electron chi connectivity index (χ3n) is 25.6. The molecular formula is C99H123N19O6S6. The van der Waals surface area contributed by atoms with Gasteiger partial charge >= 0.3 is 0 Å². The number of aromatic nitrogens is 12. The molecule has 1 N–H and O–H groups in total. The van der Waals surface area contributed by atoms with Crippen LogP contribution in [-0.4, -0.2) is 220 Å². The number of nitrogens with one attached hydrogen (secondary N) is 1. The van der Waals surface area contributed by atoms with Gasteiger partial charge in [-0.3, -0.25) is 57.3 Å². The lowest BCUT2D eigenvalue weighted by Crippen LogP contribution is -2.45. The SMILES string of the molecule is Cc1cc(-c2cc(C)n(C)n2)sc1C(=O)N1CCCCC1.Cc1cc(-c2ccc(C(=O)N3CCC(N4CCCC4)CC3)s2)nn1C.Cc1cc(-c2ccc(C(=O)N3CCCCC3)s2)n(C)n1.Cc1cc(-c2ccc(C(=O)N3CCCCC3)s2)n[nH]1.Cc1cc(-c2ccc(C(=O)N3CCc4ccccc4C3)s2)nn1C.Cc1cc(C(=O)N2CCCCC2)sc1-c1cc(C)n(C)n1. The predicted octanol–water partition coefficient (Wildman–Crippen LogP) is 19.8. The fourth-order valence-electron chi connectivity index (χ4n) is 17.6. The molecule has 0 spiro atoms. The van der Waals surface area contributed by atoms with E-state index >= 15 is 0 Å². The summed E-state index contributed by atoms with van der Waals surface area (Å²) < 4.78 is 9.35. The lowest BCUT2D eigenvalue weighted by atomic mass is 10.00. The van der Waals surface area contributed by atoms with Crippen molar-refractivity contribution in [1.29, 1.82) is 0 Å². The van der Waals surface area contributed by atoms with Crippen LogP contribution in [0.5, 0.6) is 0 Å². The van der Waals surface area contributed by atoms with E-state index in [-0.39, 0.29) is 35.4 Å². The Bertz CT molecular complexity index is 5990. The van der Waals surface area contributed by atoms with Crippen LogP contribution >= 0.6 is 68.0 Å².